The van der Waals surface area contributed by atoms with Crippen LogP contribution < -0.4 is 29.6 Å². The Bertz CT molecular complexity index is 3900. The van der Waals surface area contributed by atoms with Gasteiger partial charge in [0.05, 0.1) is 94.0 Å². The highest BCUT2D eigenvalue weighted by Crippen LogP contribution is 2.39. The van der Waals surface area contributed by atoms with E-state index >= 15 is 0 Å². The van der Waals surface area contributed by atoms with Gasteiger partial charge in [0.1, 0.15) is 35.4 Å². The third-order valence-corrected chi connectivity index (χ3v) is 15.3. The van der Waals surface area contributed by atoms with Crippen molar-refractivity contribution < 1.29 is 67.2 Å². The zero-order chi connectivity index (χ0) is 62.8. The summed E-state index contributed by atoms with van der Waals surface area (Å²) in [6, 6.07) is 23.4. The highest BCUT2D eigenvalue weighted by atomic mass is 32.2. The Morgan fingerprint density at radius 1 is 0.395 bits per heavy atom. The van der Waals surface area contributed by atoms with Crippen LogP contribution in [0.4, 0.5) is 61.7 Å². The van der Waals surface area contributed by atoms with E-state index in [1.54, 1.807) is 87.5 Å². The zero-order valence-electron chi connectivity index (χ0n) is 48.6. The van der Waals surface area contributed by atoms with E-state index in [1.165, 1.54) is 0 Å². The summed E-state index contributed by atoms with van der Waals surface area (Å²) in [6.07, 6.45) is 0.637. The number of carbonyl (C=O) groups excluding carboxylic acids is 1. The van der Waals surface area contributed by atoms with Crippen molar-refractivity contribution in [2.75, 3.05) is 60.1 Å². The van der Waals surface area contributed by atoms with E-state index < -0.39 is 53.6 Å². The summed E-state index contributed by atoms with van der Waals surface area (Å²) >= 11 is 0.710. The van der Waals surface area contributed by atoms with Gasteiger partial charge in [-0.15, -0.1) is 0 Å². The first-order valence-electron chi connectivity index (χ1n) is 26.7. The van der Waals surface area contributed by atoms with Gasteiger partial charge in [-0.2, -0.15) is 66.2 Å². The minimum Gasteiger partial charge on any atom is -0.493 e. The molecule has 86 heavy (non-hydrogen) atoms. The molecule has 0 saturated heterocycles. The molecule has 0 bridgehead atoms. The maximum absolute atomic E-state index is 14.0. The van der Waals surface area contributed by atoms with Gasteiger partial charge in [0.2, 0.25) is 0 Å². The molecule has 0 atom stereocenters. The maximum atomic E-state index is 14.0. The van der Waals surface area contributed by atoms with Crippen molar-refractivity contribution in [1.29, 1.82) is 0 Å². The van der Waals surface area contributed by atoms with Gasteiger partial charge in [0.15, 0.2) is 0 Å². The Balaban J connectivity index is 1.22. The number of rotatable bonds is 30. The first-order chi connectivity index (χ1) is 40.6. The lowest BCUT2D eigenvalue weighted by Crippen LogP contribution is -2.21. The second-order valence-corrected chi connectivity index (χ2v) is 25.3. The Morgan fingerprint density at radius 2 is 0.709 bits per heavy atom. The second-order valence-electron chi connectivity index (χ2n) is 19.9. The number of carbonyl (C=O) groups is 1. The van der Waals surface area contributed by atoms with E-state index in [2.05, 4.69) is 51.5 Å². The molecule has 2 amide bonds. The van der Waals surface area contributed by atoms with Gasteiger partial charge in [-0.3, -0.25) is 13.7 Å². The summed E-state index contributed by atoms with van der Waals surface area (Å²) in [5.74, 6) is 0.335. The normalized spacial score (nSPS) is 12.2. The molecule has 0 aliphatic rings. The highest BCUT2D eigenvalue weighted by molar-refractivity contribution is 7.93. The van der Waals surface area contributed by atoms with E-state index in [0.717, 1.165) is 27.8 Å². The Labute approximate surface area is 504 Å². The molecule has 0 radical (unpaired) electrons. The molecule has 29 heteroatoms. The predicted octanol–water partition coefficient (Wildman–Crippen LogP) is 15.4. The van der Waals surface area contributed by atoms with Crippen molar-refractivity contribution >= 4 is 105 Å². The number of aryl methyl sites for hydroxylation is 8. The van der Waals surface area contributed by atoms with Crippen LogP contribution in [0, 0.1) is 55.4 Å². The number of hydrogen-bond donors (Lipinski definition) is 6. The lowest BCUT2D eigenvalue weighted by molar-refractivity contribution is 0.261. The number of nitrogens with one attached hydrogen (secondary N) is 2. The molecule has 25 nitrogen and oxygen atoms in total. The van der Waals surface area contributed by atoms with Gasteiger partial charge in [-0.05, 0) is 210 Å². The average Bonchev–Trinajstić information content (AvgIpc) is 3.63. The Morgan fingerprint density at radius 3 is 1.05 bits per heavy atom. The molecule has 6 rings (SSSR count). The summed E-state index contributed by atoms with van der Waals surface area (Å²) in [5, 5.41) is 41.7. The summed E-state index contributed by atoms with van der Waals surface area (Å²) in [7, 11) is -12.6. The zero-order valence-corrected chi connectivity index (χ0v) is 51.8. The standard InChI is InChI=1S/C57H68N10O15S4/c1-35-25-43(79-19-21-83-69)13-15-45(35)60-62-47-27-39(5)49(29-37(47)3)64-66-51-33-55(81-17-9-11-22-84(70,71)72)53(31-41(51)7)58-57(68)59-54-32-42(8)52(34-56(54)82-18-10-12-23-85(73,74)75)67-65-50-30-38(4)48(28-40(50)6)63-61-46-16-14-44(26-36(46)2)80-20-24-86(76,77)78/h13-16,25-34,69H,9-12,17-24H2,1-8H3,(H2,58,59,68)(H,70,71,72)(H,73,74,75)(H,76,77,78)/b62-60?,63-61?,66-64?,67-65-. The van der Waals surface area contributed by atoms with Gasteiger partial charge in [-0.25, -0.2) is 4.79 Å². The topological polar surface area (TPSA) is 360 Å². The molecular weight excluding hydrogens is 1190 g/mol. The van der Waals surface area contributed by atoms with E-state index in [-0.39, 0.29) is 68.4 Å². The van der Waals surface area contributed by atoms with Crippen LogP contribution in [0.3, 0.4) is 0 Å². The molecule has 6 N–H and O–H groups in total. The van der Waals surface area contributed by atoms with E-state index in [0.29, 0.717) is 98.1 Å². The fraction of sp³-hybridized carbons (Fsp3) is 0.351. The van der Waals surface area contributed by atoms with Crippen LogP contribution in [0.5, 0.6) is 23.0 Å². The fourth-order valence-electron chi connectivity index (χ4n) is 7.97. The number of azo groups is 4. The van der Waals surface area contributed by atoms with Gasteiger partial charge >= 0.3 is 6.03 Å². The second kappa shape index (κ2) is 31.0. The molecule has 6 aromatic rings. The Hall–Kier alpha value is -7.77. The summed E-state index contributed by atoms with van der Waals surface area (Å²) in [5.41, 5.74) is 10.4. The molecule has 0 heterocycles. The fourth-order valence-corrected chi connectivity index (χ4v) is 9.56. The van der Waals surface area contributed by atoms with Gasteiger partial charge in [0.25, 0.3) is 30.4 Å². The molecule has 0 saturated carbocycles. The van der Waals surface area contributed by atoms with Crippen LogP contribution in [0.25, 0.3) is 0 Å². The number of unbranched alkanes of at least 4 members (excludes halogenated alkanes) is 2. The van der Waals surface area contributed by atoms with Crippen molar-refractivity contribution in [3.8, 4) is 23.0 Å². The third-order valence-electron chi connectivity index (χ3n) is 12.7. The molecule has 0 fully saturated rings. The molecule has 0 unspecified atom stereocenters. The van der Waals surface area contributed by atoms with Crippen LogP contribution in [0.2, 0.25) is 0 Å². The number of amides is 2. The molecule has 0 aliphatic carbocycles. The lowest BCUT2D eigenvalue weighted by atomic mass is 10.1. The molecule has 0 spiro atoms. The predicted molar refractivity (Wildman–Crippen MR) is 331 cm³/mol. The quantitative estimate of drug-likeness (QED) is 0.0106. The van der Waals surface area contributed by atoms with E-state index in [4.69, 9.17) is 28.1 Å². The lowest BCUT2D eigenvalue weighted by Gasteiger charge is -2.17. The molecule has 0 aliphatic heterocycles. The van der Waals surface area contributed by atoms with Gasteiger partial charge in [0, 0.05) is 12.1 Å². The van der Waals surface area contributed by atoms with Crippen LogP contribution >= 0.6 is 12.0 Å². The van der Waals surface area contributed by atoms with Crippen molar-refractivity contribution in [2.45, 2.75) is 81.1 Å². The smallest absolute Gasteiger partial charge is 0.323 e. The van der Waals surface area contributed by atoms with Gasteiger partial charge in [-0.1, -0.05) is 0 Å². The largest absolute Gasteiger partial charge is 0.493 e. The minimum absolute atomic E-state index is 0.000247. The van der Waals surface area contributed by atoms with Crippen molar-refractivity contribution in [3.05, 3.63) is 129 Å². The number of benzene rings is 6. The first kappa shape index (κ1) is 67.4. The van der Waals surface area contributed by atoms with Crippen molar-refractivity contribution in [3.63, 3.8) is 0 Å². The number of ether oxygens (including phenoxy) is 4. The molecular formula is C57H68N10O15S4. The van der Waals surface area contributed by atoms with Crippen LogP contribution in [0.15, 0.2) is 126 Å². The third kappa shape index (κ3) is 21.9. The average molecular weight is 1260 g/mol. The molecule has 460 valence electrons. The SMILES string of the molecule is Cc1cc(OCCSO)ccc1N=Nc1cc(C)c(N=Nc2cc(OCCCCS(=O)(=O)O)c(NC(=O)Nc3cc(C)c(/N=N\c4cc(C)c(N=Nc5ccc(OCCS(=O)(=O)O)cc5C)cc4C)cc3OCCCCS(=O)(=O)O)cc2C)cc1C. The number of anilines is 2. The highest BCUT2D eigenvalue weighted by Gasteiger charge is 2.18. The number of nitrogens with zero attached hydrogens (tertiary/aromatic N) is 8. The van der Waals surface area contributed by atoms with Crippen LogP contribution in [-0.4, -0.2) is 98.9 Å². The summed E-state index contributed by atoms with van der Waals surface area (Å²) in [6.45, 7) is 14.7. The van der Waals surface area contributed by atoms with E-state index in [9.17, 15) is 39.2 Å². The van der Waals surface area contributed by atoms with E-state index in [1.807, 2.05) is 52.8 Å². The number of hydrogen-bond acceptors (Lipinski definition) is 21. The molecule has 0 aromatic heterocycles. The van der Waals surface area contributed by atoms with Crippen LogP contribution in [-0.2, 0) is 30.4 Å². The van der Waals surface area contributed by atoms with Crippen molar-refractivity contribution in [1.82, 2.24) is 0 Å². The van der Waals surface area contributed by atoms with Gasteiger partial charge < -0.3 is 34.1 Å². The minimum atomic E-state index is -4.22. The van der Waals surface area contributed by atoms with Crippen LogP contribution in [0.1, 0.15) is 70.2 Å². The Kier molecular flexibility index (Phi) is 24.3. The summed E-state index contributed by atoms with van der Waals surface area (Å²) < 4.78 is 128. The summed E-state index contributed by atoms with van der Waals surface area (Å²) in [4.78, 5) is 14.0. The first-order valence-corrected chi connectivity index (χ1v) is 32.5. The number of urea groups is 1. The molecule has 6 aromatic carbocycles. The monoisotopic (exact) mass is 1260 g/mol. The van der Waals surface area contributed by atoms with Crippen molar-refractivity contribution in [2.24, 2.45) is 40.9 Å². The maximum Gasteiger partial charge on any atom is 0.323 e.